The van der Waals surface area contributed by atoms with E-state index in [2.05, 4.69) is 10.6 Å². The van der Waals surface area contributed by atoms with E-state index in [9.17, 15) is 14.0 Å². The van der Waals surface area contributed by atoms with Crippen LogP contribution in [-0.4, -0.2) is 23.3 Å². The van der Waals surface area contributed by atoms with Gasteiger partial charge in [0.2, 0.25) is 11.8 Å². The first-order chi connectivity index (χ1) is 11.5. The molecule has 2 aromatic carbocycles. The number of nitrogens with one attached hydrogen (secondary N) is 2. The summed E-state index contributed by atoms with van der Waals surface area (Å²) in [5.74, 6) is -0.401. The van der Waals surface area contributed by atoms with Crippen LogP contribution >= 0.6 is 11.8 Å². The molecule has 0 spiro atoms. The van der Waals surface area contributed by atoms with Crippen LogP contribution in [0.1, 0.15) is 11.1 Å². The maximum absolute atomic E-state index is 12.8. The van der Waals surface area contributed by atoms with E-state index >= 15 is 0 Å². The first kappa shape index (κ1) is 18.0. The standard InChI is InChI=1S/C18H19FN2O2S/c1-12-4-3-5-16(13(12)2)21-18(23)11-24-10-17(22)20-15-8-6-14(19)7-9-15/h3-9H,10-11H2,1-2H3,(H,20,22)(H,21,23). The van der Waals surface area contributed by atoms with Crippen LogP contribution in [0, 0.1) is 19.7 Å². The van der Waals surface area contributed by atoms with Crippen molar-refractivity contribution >= 4 is 35.0 Å². The summed E-state index contributed by atoms with van der Waals surface area (Å²) in [4.78, 5) is 23.7. The van der Waals surface area contributed by atoms with Gasteiger partial charge in [0.1, 0.15) is 5.82 Å². The van der Waals surface area contributed by atoms with E-state index in [0.29, 0.717) is 5.69 Å². The van der Waals surface area contributed by atoms with Crippen LogP contribution in [0.25, 0.3) is 0 Å². The highest BCUT2D eigenvalue weighted by molar-refractivity contribution is 8.00. The van der Waals surface area contributed by atoms with Crippen LogP contribution < -0.4 is 10.6 Å². The van der Waals surface area contributed by atoms with Gasteiger partial charge >= 0.3 is 0 Å². The molecule has 4 nitrogen and oxygen atoms in total. The lowest BCUT2D eigenvalue weighted by Crippen LogP contribution is -2.18. The van der Waals surface area contributed by atoms with Gasteiger partial charge in [0, 0.05) is 11.4 Å². The molecule has 0 saturated heterocycles. The second-order valence-corrected chi connectivity index (χ2v) is 6.33. The quantitative estimate of drug-likeness (QED) is 0.837. The second kappa shape index (κ2) is 8.49. The number of halogens is 1. The van der Waals surface area contributed by atoms with Crippen molar-refractivity contribution in [3.05, 3.63) is 59.4 Å². The van der Waals surface area contributed by atoms with E-state index in [1.807, 2.05) is 32.0 Å². The van der Waals surface area contributed by atoms with Crippen LogP contribution in [0.2, 0.25) is 0 Å². The van der Waals surface area contributed by atoms with E-state index < -0.39 is 0 Å². The van der Waals surface area contributed by atoms with Gasteiger partial charge < -0.3 is 10.6 Å². The van der Waals surface area contributed by atoms with Crippen LogP contribution in [-0.2, 0) is 9.59 Å². The van der Waals surface area contributed by atoms with Crippen molar-refractivity contribution in [3.8, 4) is 0 Å². The fraction of sp³-hybridized carbons (Fsp3) is 0.222. The molecule has 126 valence electrons. The maximum atomic E-state index is 12.8. The third-order valence-corrected chi connectivity index (χ3v) is 4.41. The Balaban J connectivity index is 1.75. The van der Waals surface area contributed by atoms with Gasteiger partial charge in [0.05, 0.1) is 11.5 Å². The molecule has 24 heavy (non-hydrogen) atoms. The van der Waals surface area contributed by atoms with E-state index in [-0.39, 0.29) is 29.1 Å². The molecule has 2 N–H and O–H groups in total. The van der Waals surface area contributed by atoms with Gasteiger partial charge in [-0.15, -0.1) is 11.8 Å². The highest BCUT2D eigenvalue weighted by Gasteiger charge is 2.08. The second-order valence-electron chi connectivity index (χ2n) is 5.34. The molecule has 0 radical (unpaired) electrons. The van der Waals surface area contributed by atoms with Gasteiger partial charge in [0.25, 0.3) is 0 Å². The predicted octanol–water partition coefficient (Wildman–Crippen LogP) is 3.75. The summed E-state index contributed by atoms with van der Waals surface area (Å²) in [5, 5.41) is 5.50. The normalized spacial score (nSPS) is 10.3. The molecule has 2 rings (SSSR count). The number of amides is 2. The molecule has 0 unspecified atom stereocenters. The Hall–Kier alpha value is -2.34. The first-order valence-corrected chi connectivity index (χ1v) is 8.60. The largest absolute Gasteiger partial charge is 0.325 e. The third kappa shape index (κ3) is 5.38. The van der Waals surface area contributed by atoms with E-state index in [1.54, 1.807) is 0 Å². The topological polar surface area (TPSA) is 58.2 Å². The fourth-order valence-corrected chi connectivity index (χ4v) is 2.66. The van der Waals surface area contributed by atoms with Gasteiger partial charge in [-0.2, -0.15) is 0 Å². The lowest BCUT2D eigenvalue weighted by atomic mass is 10.1. The number of hydrogen-bond acceptors (Lipinski definition) is 3. The summed E-state index contributed by atoms with van der Waals surface area (Å²) in [6, 6.07) is 11.3. The number of thioether (sulfide) groups is 1. The average molecular weight is 346 g/mol. The summed E-state index contributed by atoms with van der Waals surface area (Å²) < 4.78 is 12.8. The van der Waals surface area contributed by atoms with Gasteiger partial charge in [0.15, 0.2) is 0 Å². The molecule has 0 aliphatic rings. The number of carbonyl (C=O) groups excluding carboxylic acids is 2. The molecule has 0 saturated carbocycles. The maximum Gasteiger partial charge on any atom is 0.234 e. The lowest BCUT2D eigenvalue weighted by Gasteiger charge is -2.10. The van der Waals surface area contributed by atoms with Crippen LogP contribution in [0.15, 0.2) is 42.5 Å². The van der Waals surface area contributed by atoms with Gasteiger partial charge in [-0.1, -0.05) is 12.1 Å². The minimum absolute atomic E-state index is 0.150. The van der Waals surface area contributed by atoms with Crippen molar-refractivity contribution < 1.29 is 14.0 Å². The summed E-state index contributed by atoms with van der Waals surface area (Å²) in [6.45, 7) is 3.94. The Morgan fingerprint density at radius 3 is 2.25 bits per heavy atom. The summed E-state index contributed by atoms with van der Waals surface area (Å²) in [7, 11) is 0. The van der Waals surface area contributed by atoms with Crippen LogP contribution in [0.4, 0.5) is 15.8 Å². The molecule has 0 bridgehead atoms. The summed E-state index contributed by atoms with van der Waals surface area (Å²) in [6.07, 6.45) is 0. The number of anilines is 2. The van der Waals surface area contributed by atoms with E-state index in [0.717, 1.165) is 16.8 Å². The Morgan fingerprint density at radius 1 is 0.958 bits per heavy atom. The number of carbonyl (C=O) groups is 2. The van der Waals surface area contributed by atoms with Crippen LogP contribution in [0.5, 0.6) is 0 Å². The summed E-state index contributed by atoms with van der Waals surface area (Å²) >= 11 is 1.22. The zero-order chi connectivity index (χ0) is 17.5. The lowest BCUT2D eigenvalue weighted by molar-refractivity contribution is -0.114. The molecular formula is C18H19FN2O2S. The van der Waals surface area contributed by atoms with Crippen molar-refractivity contribution in [1.82, 2.24) is 0 Å². The van der Waals surface area contributed by atoms with Crippen molar-refractivity contribution in [2.24, 2.45) is 0 Å². The molecule has 0 atom stereocenters. The Bertz CT molecular complexity index is 732. The molecule has 0 heterocycles. The smallest absolute Gasteiger partial charge is 0.234 e. The van der Waals surface area contributed by atoms with Crippen LogP contribution in [0.3, 0.4) is 0 Å². The molecule has 2 aromatic rings. The summed E-state index contributed by atoms with van der Waals surface area (Å²) in [5.41, 5.74) is 3.46. The molecule has 0 aliphatic carbocycles. The Kier molecular flexibility index (Phi) is 6.37. The molecule has 6 heteroatoms. The Labute approximate surface area is 144 Å². The minimum Gasteiger partial charge on any atom is -0.325 e. The molecule has 2 amide bonds. The molecule has 0 fully saturated rings. The van der Waals surface area contributed by atoms with E-state index in [1.165, 1.54) is 36.0 Å². The van der Waals surface area contributed by atoms with Gasteiger partial charge in [-0.05, 0) is 55.3 Å². The molecular weight excluding hydrogens is 327 g/mol. The number of hydrogen-bond donors (Lipinski definition) is 2. The average Bonchev–Trinajstić information content (AvgIpc) is 2.54. The SMILES string of the molecule is Cc1cccc(NC(=O)CSCC(=O)Nc2ccc(F)cc2)c1C. The molecule has 0 aliphatic heterocycles. The number of benzene rings is 2. The first-order valence-electron chi connectivity index (χ1n) is 7.45. The highest BCUT2D eigenvalue weighted by Crippen LogP contribution is 2.18. The fourth-order valence-electron chi connectivity index (χ4n) is 2.04. The van der Waals surface area contributed by atoms with E-state index in [4.69, 9.17) is 0 Å². The Morgan fingerprint density at radius 2 is 1.58 bits per heavy atom. The number of rotatable bonds is 6. The monoisotopic (exact) mass is 346 g/mol. The van der Waals surface area contributed by atoms with Crippen molar-refractivity contribution in [2.45, 2.75) is 13.8 Å². The minimum atomic E-state index is -0.356. The van der Waals surface area contributed by atoms with Crippen molar-refractivity contribution in [1.29, 1.82) is 0 Å². The zero-order valence-corrected chi connectivity index (χ0v) is 14.4. The zero-order valence-electron chi connectivity index (χ0n) is 13.6. The van der Waals surface area contributed by atoms with Gasteiger partial charge in [-0.3, -0.25) is 9.59 Å². The third-order valence-electron chi connectivity index (χ3n) is 3.47. The van der Waals surface area contributed by atoms with Crippen molar-refractivity contribution in [2.75, 3.05) is 22.1 Å². The predicted molar refractivity (Wildman–Crippen MR) is 96.9 cm³/mol. The highest BCUT2D eigenvalue weighted by atomic mass is 32.2. The van der Waals surface area contributed by atoms with Crippen molar-refractivity contribution in [3.63, 3.8) is 0 Å². The van der Waals surface area contributed by atoms with Gasteiger partial charge in [-0.25, -0.2) is 4.39 Å². The number of aryl methyl sites for hydroxylation is 1. The molecule has 0 aromatic heterocycles.